The molecule has 0 atom stereocenters. The Kier molecular flexibility index (Phi) is 2.44. The third-order valence-corrected chi connectivity index (χ3v) is 3.12. The van der Waals surface area contributed by atoms with Crippen LogP contribution in [0.25, 0.3) is 0 Å². The fourth-order valence-electron chi connectivity index (χ4n) is 2.16. The number of hydrogen-bond acceptors (Lipinski definition) is 3. The van der Waals surface area contributed by atoms with Crippen molar-refractivity contribution >= 4 is 0 Å². The van der Waals surface area contributed by atoms with Crippen LogP contribution in [-0.4, -0.2) is 20.2 Å². The highest BCUT2D eigenvalue weighted by Crippen LogP contribution is 2.30. The molecule has 0 unspecified atom stereocenters. The molecule has 1 heterocycles. The largest absolute Gasteiger partial charge is 0.496 e. The zero-order valence-corrected chi connectivity index (χ0v) is 9.55. The normalized spacial score (nSPS) is 18.4. The number of aryl methyl sites for hydroxylation is 2. The molecule has 0 amide bonds. The first-order chi connectivity index (χ1) is 7.07. The highest BCUT2D eigenvalue weighted by atomic mass is 16.5. The fourth-order valence-corrected chi connectivity index (χ4v) is 2.16. The molecule has 1 aromatic rings. The Labute approximate surface area is 90.6 Å². The van der Waals surface area contributed by atoms with E-state index in [0.29, 0.717) is 0 Å². The van der Waals surface area contributed by atoms with Gasteiger partial charge in [0.25, 0.3) is 0 Å². The SMILES string of the molecule is COc1c(C)cc(C2(N)CNC2)cc1C. The lowest BCUT2D eigenvalue weighted by Crippen LogP contribution is -2.62. The van der Waals surface area contributed by atoms with E-state index < -0.39 is 0 Å². The van der Waals surface area contributed by atoms with Gasteiger partial charge < -0.3 is 15.8 Å². The van der Waals surface area contributed by atoms with Gasteiger partial charge in [0.15, 0.2) is 0 Å². The first-order valence-electron chi connectivity index (χ1n) is 5.22. The molecule has 0 radical (unpaired) electrons. The third-order valence-electron chi connectivity index (χ3n) is 3.12. The van der Waals surface area contributed by atoms with Crippen LogP contribution in [0, 0.1) is 13.8 Å². The lowest BCUT2D eigenvalue weighted by Gasteiger charge is -2.40. The lowest BCUT2D eigenvalue weighted by atomic mass is 9.83. The maximum absolute atomic E-state index is 6.25. The molecule has 0 aliphatic carbocycles. The second-order valence-corrected chi connectivity index (χ2v) is 4.40. The molecule has 0 aromatic heterocycles. The average Bonchev–Trinajstić information content (AvgIpc) is 2.13. The van der Waals surface area contributed by atoms with Crippen molar-refractivity contribution in [3.8, 4) is 5.75 Å². The zero-order chi connectivity index (χ0) is 11.1. The number of hydrogen-bond donors (Lipinski definition) is 2. The van der Waals surface area contributed by atoms with Crippen LogP contribution in [0.2, 0.25) is 0 Å². The van der Waals surface area contributed by atoms with Crippen molar-refractivity contribution in [3.63, 3.8) is 0 Å². The van der Waals surface area contributed by atoms with Crippen molar-refractivity contribution in [1.29, 1.82) is 0 Å². The van der Waals surface area contributed by atoms with Gasteiger partial charge in [-0.1, -0.05) is 12.1 Å². The third kappa shape index (κ3) is 1.62. The number of nitrogens with two attached hydrogens (primary N) is 1. The monoisotopic (exact) mass is 206 g/mol. The molecule has 0 spiro atoms. The van der Waals surface area contributed by atoms with Crippen molar-refractivity contribution in [3.05, 3.63) is 28.8 Å². The molecule has 3 heteroatoms. The van der Waals surface area contributed by atoms with Gasteiger partial charge >= 0.3 is 0 Å². The van der Waals surface area contributed by atoms with Gasteiger partial charge in [0, 0.05) is 13.1 Å². The van der Waals surface area contributed by atoms with E-state index in [2.05, 4.69) is 31.3 Å². The number of benzene rings is 1. The summed E-state index contributed by atoms with van der Waals surface area (Å²) in [4.78, 5) is 0. The van der Waals surface area contributed by atoms with E-state index >= 15 is 0 Å². The van der Waals surface area contributed by atoms with Gasteiger partial charge in [-0.3, -0.25) is 0 Å². The van der Waals surface area contributed by atoms with Crippen LogP contribution >= 0.6 is 0 Å². The molecule has 2 rings (SSSR count). The van der Waals surface area contributed by atoms with Crippen molar-refractivity contribution in [2.75, 3.05) is 20.2 Å². The Bertz CT molecular complexity index is 360. The molecule has 3 nitrogen and oxygen atoms in total. The van der Waals surface area contributed by atoms with Gasteiger partial charge in [0.1, 0.15) is 5.75 Å². The van der Waals surface area contributed by atoms with E-state index in [9.17, 15) is 0 Å². The Morgan fingerprint density at radius 3 is 2.13 bits per heavy atom. The molecule has 1 fully saturated rings. The molecule has 0 saturated carbocycles. The minimum Gasteiger partial charge on any atom is -0.496 e. The summed E-state index contributed by atoms with van der Waals surface area (Å²) in [5.74, 6) is 0.967. The number of rotatable bonds is 2. The summed E-state index contributed by atoms with van der Waals surface area (Å²) in [6, 6.07) is 4.26. The van der Waals surface area contributed by atoms with Crippen LogP contribution in [-0.2, 0) is 5.54 Å². The zero-order valence-electron chi connectivity index (χ0n) is 9.55. The highest BCUT2D eigenvalue weighted by Gasteiger charge is 2.34. The van der Waals surface area contributed by atoms with Crippen LogP contribution in [0.3, 0.4) is 0 Å². The first-order valence-corrected chi connectivity index (χ1v) is 5.22. The minimum atomic E-state index is -0.179. The summed E-state index contributed by atoms with van der Waals surface area (Å²) in [7, 11) is 1.71. The van der Waals surface area contributed by atoms with Crippen molar-refractivity contribution in [2.45, 2.75) is 19.4 Å². The quantitative estimate of drug-likeness (QED) is 0.761. The molecular weight excluding hydrogens is 188 g/mol. The Morgan fingerprint density at radius 1 is 1.27 bits per heavy atom. The van der Waals surface area contributed by atoms with Gasteiger partial charge in [-0.15, -0.1) is 0 Å². The van der Waals surface area contributed by atoms with Gasteiger partial charge in [0.2, 0.25) is 0 Å². The predicted octanol–water partition coefficient (Wildman–Crippen LogP) is 1.07. The van der Waals surface area contributed by atoms with E-state index in [-0.39, 0.29) is 5.54 Å². The number of ether oxygens (including phenoxy) is 1. The highest BCUT2D eigenvalue weighted by molar-refractivity contribution is 5.46. The van der Waals surface area contributed by atoms with Crippen molar-refractivity contribution in [1.82, 2.24) is 5.32 Å². The Balaban J connectivity index is 2.43. The number of methoxy groups -OCH3 is 1. The summed E-state index contributed by atoms with van der Waals surface area (Å²) in [5.41, 5.74) is 9.59. The Morgan fingerprint density at radius 2 is 1.80 bits per heavy atom. The Hall–Kier alpha value is -1.06. The molecule has 0 bridgehead atoms. The molecule has 1 aromatic carbocycles. The van der Waals surface area contributed by atoms with Crippen LogP contribution in [0.1, 0.15) is 16.7 Å². The molecule has 3 N–H and O–H groups in total. The van der Waals surface area contributed by atoms with Crippen LogP contribution < -0.4 is 15.8 Å². The van der Waals surface area contributed by atoms with E-state index in [0.717, 1.165) is 30.0 Å². The van der Waals surface area contributed by atoms with E-state index in [1.807, 2.05) is 0 Å². The van der Waals surface area contributed by atoms with Crippen molar-refractivity contribution in [2.24, 2.45) is 5.73 Å². The maximum Gasteiger partial charge on any atom is 0.124 e. The first kappa shape index (κ1) is 10.5. The van der Waals surface area contributed by atoms with Crippen LogP contribution in [0.5, 0.6) is 5.75 Å². The second kappa shape index (κ2) is 3.51. The molecule has 1 aliphatic rings. The summed E-state index contributed by atoms with van der Waals surface area (Å²) < 4.78 is 5.34. The van der Waals surface area contributed by atoms with E-state index in [4.69, 9.17) is 10.5 Å². The van der Waals surface area contributed by atoms with Gasteiger partial charge in [-0.05, 0) is 30.5 Å². The van der Waals surface area contributed by atoms with Gasteiger partial charge in [-0.25, -0.2) is 0 Å². The van der Waals surface area contributed by atoms with Gasteiger partial charge in [-0.2, -0.15) is 0 Å². The number of nitrogens with one attached hydrogen (secondary N) is 1. The van der Waals surface area contributed by atoms with E-state index in [1.165, 1.54) is 5.56 Å². The minimum absolute atomic E-state index is 0.179. The average molecular weight is 206 g/mol. The smallest absolute Gasteiger partial charge is 0.124 e. The topological polar surface area (TPSA) is 47.3 Å². The second-order valence-electron chi connectivity index (χ2n) is 4.40. The molecule has 1 saturated heterocycles. The predicted molar refractivity (Wildman–Crippen MR) is 61.2 cm³/mol. The molecule has 1 aliphatic heterocycles. The molecule has 82 valence electrons. The van der Waals surface area contributed by atoms with Gasteiger partial charge in [0.05, 0.1) is 12.6 Å². The fraction of sp³-hybridized carbons (Fsp3) is 0.500. The maximum atomic E-state index is 6.25. The summed E-state index contributed by atoms with van der Waals surface area (Å²) in [6.07, 6.45) is 0. The van der Waals surface area contributed by atoms with Crippen molar-refractivity contribution < 1.29 is 4.74 Å². The summed E-state index contributed by atoms with van der Waals surface area (Å²) >= 11 is 0. The lowest BCUT2D eigenvalue weighted by molar-refractivity contribution is 0.286. The summed E-state index contributed by atoms with van der Waals surface area (Å²) in [6.45, 7) is 5.84. The molecular formula is C12H18N2O. The van der Waals surface area contributed by atoms with Crippen LogP contribution in [0.4, 0.5) is 0 Å². The molecule has 15 heavy (non-hydrogen) atoms. The summed E-state index contributed by atoms with van der Waals surface area (Å²) in [5, 5.41) is 3.21. The van der Waals surface area contributed by atoms with E-state index in [1.54, 1.807) is 7.11 Å². The standard InChI is InChI=1S/C12H18N2O/c1-8-4-10(12(13)6-14-7-12)5-9(2)11(8)15-3/h4-5,14H,6-7,13H2,1-3H3. The van der Waals surface area contributed by atoms with Crippen LogP contribution in [0.15, 0.2) is 12.1 Å².